The van der Waals surface area contributed by atoms with Crippen molar-refractivity contribution < 1.29 is 0 Å². The Morgan fingerprint density at radius 1 is 1.11 bits per heavy atom. The van der Waals surface area contributed by atoms with Gasteiger partial charge in [0.2, 0.25) is 0 Å². The highest BCUT2D eigenvalue weighted by molar-refractivity contribution is 5.86. The van der Waals surface area contributed by atoms with Gasteiger partial charge < -0.3 is 10.3 Å². The van der Waals surface area contributed by atoms with Crippen LogP contribution in [0.25, 0.3) is 22.3 Å². The molecule has 2 heterocycles. The minimum atomic E-state index is 0.688. The average molecular weight is 237 g/mol. The number of benzene rings is 1. The van der Waals surface area contributed by atoms with Crippen LogP contribution in [0, 0.1) is 6.92 Å². The van der Waals surface area contributed by atoms with E-state index in [2.05, 4.69) is 47.8 Å². The fourth-order valence-corrected chi connectivity index (χ4v) is 2.27. The first-order chi connectivity index (χ1) is 8.65. The van der Waals surface area contributed by atoms with E-state index in [0.717, 1.165) is 11.4 Å². The summed E-state index contributed by atoms with van der Waals surface area (Å²) in [4.78, 5) is 4.38. The van der Waals surface area contributed by atoms with E-state index in [9.17, 15) is 0 Å². The molecule has 3 aromatic rings. The SMILES string of the molecule is Cc1ccc2c(c1)cc(-c1ccc(N)cn1)n2C. The highest BCUT2D eigenvalue weighted by Crippen LogP contribution is 2.26. The van der Waals surface area contributed by atoms with Crippen LogP contribution in [-0.4, -0.2) is 9.55 Å². The normalized spacial score (nSPS) is 11.0. The number of aromatic nitrogens is 2. The molecule has 0 unspecified atom stereocenters. The smallest absolute Gasteiger partial charge is 0.0868 e. The monoisotopic (exact) mass is 237 g/mol. The van der Waals surface area contributed by atoms with Crippen LogP contribution in [0.3, 0.4) is 0 Å². The molecule has 2 N–H and O–H groups in total. The predicted molar refractivity (Wildman–Crippen MR) is 75.3 cm³/mol. The van der Waals surface area contributed by atoms with Gasteiger partial charge >= 0.3 is 0 Å². The molecule has 0 aliphatic rings. The van der Waals surface area contributed by atoms with E-state index in [0.29, 0.717) is 5.69 Å². The molecule has 0 radical (unpaired) electrons. The van der Waals surface area contributed by atoms with Crippen molar-refractivity contribution in [2.75, 3.05) is 5.73 Å². The summed E-state index contributed by atoms with van der Waals surface area (Å²) in [5, 5.41) is 1.24. The molecule has 0 bridgehead atoms. The molecule has 0 spiro atoms. The molecule has 18 heavy (non-hydrogen) atoms. The van der Waals surface area contributed by atoms with Gasteiger partial charge in [-0.05, 0) is 37.3 Å². The summed E-state index contributed by atoms with van der Waals surface area (Å²) in [5.41, 5.74) is 10.9. The van der Waals surface area contributed by atoms with Gasteiger partial charge in [-0.15, -0.1) is 0 Å². The first kappa shape index (κ1) is 10.8. The van der Waals surface area contributed by atoms with E-state index in [1.54, 1.807) is 6.20 Å². The Kier molecular flexibility index (Phi) is 2.33. The number of rotatable bonds is 1. The molecule has 0 saturated carbocycles. The lowest BCUT2D eigenvalue weighted by molar-refractivity contribution is 0.970. The fraction of sp³-hybridized carbons (Fsp3) is 0.133. The van der Waals surface area contributed by atoms with E-state index in [-0.39, 0.29) is 0 Å². The third-order valence-corrected chi connectivity index (χ3v) is 3.25. The standard InChI is InChI=1S/C15H15N3/c1-10-3-6-14-11(7-10)8-15(18(14)2)13-5-4-12(16)9-17-13/h3-9H,16H2,1-2H3. The first-order valence-electron chi connectivity index (χ1n) is 5.93. The third-order valence-electron chi connectivity index (χ3n) is 3.25. The highest BCUT2D eigenvalue weighted by Gasteiger charge is 2.08. The summed E-state index contributed by atoms with van der Waals surface area (Å²) in [6.45, 7) is 2.10. The summed E-state index contributed by atoms with van der Waals surface area (Å²) in [6.07, 6.45) is 1.69. The predicted octanol–water partition coefficient (Wildman–Crippen LogP) is 3.13. The average Bonchev–Trinajstić information content (AvgIpc) is 2.67. The minimum Gasteiger partial charge on any atom is -0.397 e. The van der Waals surface area contributed by atoms with Gasteiger partial charge in [-0.1, -0.05) is 11.6 Å². The Morgan fingerprint density at radius 3 is 2.67 bits per heavy atom. The Balaban J connectivity index is 2.23. The Labute approximate surface area is 106 Å². The topological polar surface area (TPSA) is 43.8 Å². The molecular formula is C15H15N3. The lowest BCUT2D eigenvalue weighted by Gasteiger charge is -2.03. The molecular weight excluding hydrogens is 222 g/mol. The Hall–Kier alpha value is -2.29. The molecule has 3 nitrogen and oxygen atoms in total. The lowest BCUT2D eigenvalue weighted by Crippen LogP contribution is -1.94. The van der Waals surface area contributed by atoms with Crippen molar-refractivity contribution in [3.8, 4) is 11.4 Å². The number of nitrogens with zero attached hydrogens (tertiary/aromatic N) is 2. The molecule has 0 amide bonds. The summed E-state index contributed by atoms with van der Waals surface area (Å²) in [6, 6.07) is 12.5. The molecule has 1 aromatic carbocycles. The second-order valence-corrected chi connectivity index (χ2v) is 4.63. The number of pyridine rings is 1. The Morgan fingerprint density at radius 2 is 1.94 bits per heavy atom. The van der Waals surface area contributed by atoms with E-state index < -0.39 is 0 Å². The van der Waals surface area contributed by atoms with Crippen molar-refractivity contribution in [2.45, 2.75) is 6.92 Å². The van der Waals surface area contributed by atoms with Crippen molar-refractivity contribution >= 4 is 16.6 Å². The number of aryl methyl sites for hydroxylation is 2. The molecule has 0 aliphatic carbocycles. The van der Waals surface area contributed by atoms with Gasteiger partial charge in [-0.3, -0.25) is 4.98 Å². The summed E-state index contributed by atoms with van der Waals surface area (Å²) in [7, 11) is 2.06. The number of fused-ring (bicyclic) bond motifs is 1. The second-order valence-electron chi connectivity index (χ2n) is 4.63. The van der Waals surface area contributed by atoms with Gasteiger partial charge in [0.1, 0.15) is 0 Å². The van der Waals surface area contributed by atoms with Crippen LogP contribution >= 0.6 is 0 Å². The zero-order chi connectivity index (χ0) is 12.7. The molecule has 0 saturated heterocycles. The lowest BCUT2D eigenvalue weighted by atomic mass is 10.2. The summed E-state index contributed by atoms with van der Waals surface area (Å²) in [5.74, 6) is 0. The van der Waals surface area contributed by atoms with Crippen molar-refractivity contribution in [1.29, 1.82) is 0 Å². The molecule has 0 fully saturated rings. The van der Waals surface area contributed by atoms with Gasteiger partial charge in [0, 0.05) is 18.0 Å². The van der Waals surface area contributed by atoms with Crippen molar-refractivity contribution in [3.63, 3.8) is 0 Å². The first-order valence-corrected chi connectivity index (χ1v) is 5.93. The van der Waals surface area contributed by atoms with Crippen LogP contribution < -0.4 is 5.73 Å². The molecule has 3 heteroatoms. The summed E-state index contributed by atoms with van der Waals surface area (Å²) < 4.78 is 2.16. The van der Waals surface area contributed by atoms with Crippen molar-refractivity contribution in [1.82, 2.24) is 9.55 Å². The minimum absolute atomic E-state index is 0.688. The van der Waals surface area contributed by atoms with Crippen LogP contribution in [0.1, 0.15) is 5.56 Å². The molecule has 0 aliphatic heterocycles. The number of nitrogens with two attached hydrogens (primary N) is 1. The number of hydrogen-bond donors (Lipinski definition) is 1. The number of anilines is 1. The van der Waals surface area contributed by atoms with Gasteiger partial charge in [0.25, 0.3) is 0 Å². The zero-order valence-corrected chi connectivity index (χ0v) is 10.5. The molecule has 3 rings (SSSR count). The van der Waals surface area contributed by atoms with Crippen LogP contribution in [0.15, 0.2) is 42.6 Å². The van der Waals surface area contributed by atoms with Crippen LogP contribution in [0.5, 0.6) is 0 Å². The maximum atomic E-state index is 5.67. The van der Waals surface area contributed by atoms with Gasteiger partial charge in [-0.2, -0.15) is 0 Å². The maximum absolute atomic E-state index is 5.67. The zero-order valence-electron chi connectivity index (χ0n) is 10.5. The van der Waals surface area contributed by atoms with E-state index >= 15 is 0 Å². The molecule has 90 valence electrons. The van der Waals surface area contributed by atoms with Crippen LogP contribution in [0.2, 0.25) is 0 Å². The van der Waals surface area contributed by atoms with E-state index in [1.165, 1.54) is 16.5 Å². The molecule has 0 atom stereocenters. The number of nitrogen functional groups attached to an aromatic ring is 1. The highest BCUT2D eigenvalue weighted by atomic mass is 15.0. The summed E-state index contributed by atoms with van der Waals surface area (Å²) >= 11 is 0. The Bertz CT molecular complexity index is 708. The van der Waals surface area contributed by atoms with Gasteiger partial charge in [-0.25, -0.2) is 0 Å². The maximum Gasteiger partial charge on any atom is 0.0868 e. The van der Waals surface area contributed by atoms with E-state index in [4.69, 9.17) is 5.73 Å². The quantitative estimate of drug-likeness (QED) is 0.706. The number of hydrogen-bond acceptors (Lipinski definition) is 2. The molecule has 2 aromatic heterocycles. The fourth-order valence-electron chi connectivity index (χ4n) is 2.27. The van der Waals surface area contributed by atoms with Crippen molar-refractivity contribution in [2.24, 2.45) is 7.05 Å². The van der Waals surface area contributed by atoms with Crippen LogP contribution in [0.4, 0.5) is 5.69 Å². The van der Waals surface area contributed by atoms with Gasteiger partial charge in [0.05, 0.1) is 23.3 Å². The van der Waals surface area contributed by atoms with Crippen molar-refractivity contribution in [3.05, 3.63) is 48.2 Å². The second kappa shape index (κ2) is 3.88. The largest absolute Gasteiger partial charge is 0.397 e. The third kappa shape index (κ3) is 1.64. The van der Waals surface area contributed by atoms with Crippen LogP contribution in [-0.2, 0) is 7.05 Å². The van der Waals surface area contributed by atoms with E-state index in [1.807, 2.05) is 12.1 Å². The van der Waals surface area contributed by atoms with Gasteiger partial charge in [0.15, 0.2) is 0 Å².